The van der Waals surface area contributed by atoms with Crippen molar-refractivity contribution in [2.24, 2.45) is 5.73 Å². The van der Waals surface area contributed by atoms with Crippen LogP contribution in [0.15, 0.2) is 30.3 Å². The minimum Gasteiger partial charge on any atom is -0.381 e. The van der Waals surface area contributed by atoms with Gasteiger partial charge in [0.15, 0.2) is 0 Å². The predicted octanol–water partition coefficient (Wildman–Crippen LogP) is 4.73. The van der Waals surface area contributed by atoms with E-state index in [1.165, 1.54) is 13.0 Å². The van der Waals surface area contributed by atoms with E-state index in [0.717, 1.165) is 43.0 Å². The summed E-state index contributed by atoms with van der Waals surface area (Å²) in [4.78, 5) is 12.6. The standard InChI is InChI=1S/C23H27F3N4O/c1-13-6-7-15(11-17(13)23(24,25)26)29-20-12-16(30-19-5-3-2-4-18(19)27)10-14-8-9-28-22(31)21(14)20/h6-7,10-12,18-19,29-30H,2-5,8-9,27H2,1H3,(H,28,31)/t18-,19+/m0/s1. The normalized spacial score (nSPS) is 21.3. The Labute approximate surface area is 179 Å². The SMILES string of the molecule is Cc1ccc(Nc2cc(N[C@@H]3CCCC[C@@H]3N)cc3c2C(=O)NCC3)cc1C(F)(F)F. The highest BCUT2D eigenvalue weighted by Crippen LogP contribution is 2.36. The van der Waals surface area contributed by atoms with Crippen LogP contribution in [-0.4, -0.2) is 24.5 Å². The Kier molecular flexibility index (Phi) is 5.83. The first-order valence-electron chi connectivity index (χ1n) is 10.6. The summed E-state index contributed by atoms with van der Waals surface area (Å²) < 4.78 is 40.1. The minimum absolute atomic E-state index is 0.0518. The topological polar surface area (TPSA) is 79.2 Å². The van der Waals surface area contributed by atoms with Crippen LogP contribution in [0.25, 0.3) is 0 Å². The fourth-order valence-corrected chi connectivity index (χ4v) is 4.46. The number of benzene rings is 2. The molecule has 1 amide bonds. The van der Waals surface area contributed by atoms with Gasteiger partial charge in [-0.1, -0.05) is 18.9 Å². The molecule has 1 saturated carbocycles. The summed E-state index contributed by atoms with van der Waals surface area (Å²) in [6, 6.07) is 8.04. The van der Waals surface area contributed by atoms with Crippen LogP contribution in [-0.2, 0) is 12.6 Å². The van der Waals surface area contributed by atoms with Crippen molar-refractivity contribution in [3.8, 4) is 0 Å². The van der Waals surface area contributed by atoms with E-state index in [4.69, 9.17) is 5.73 Å². The molecule has 0 aromatic heterocycles. The number of anilines is 3. The molecule has 2 aliphatic rings. The Morgan fingerprint density at radius 2 is 1.87 bits per heavy atom. The van der Waals surface area contributed by atoms with Crippen molar-refractivity contribution < 1.29 is 18.0 Å². The second kappa shape index (κ2) is 8.42. The van der Waals surface area contributed by atoms with Gasteiger partial charge in [0.05, 0.1) is 16.8 Å². The van der Waals surface area contributed by atoms with E-state index in [2.05, 4.69) is 16.0 Å². The number of hydrogen-bond acceptors (Lipinski definition) is 4. The molecule has 31 heavy (non-hydrogen) atoms. The maximum atomic E-state index is 13.4. The molecule has 8 heteroatoms. The lowest BCUT2D eigenvalue weighted by molar-refractivity contribution is -0.138. The highest BCUT2D eigenvalue weighted by molar-refractivity contribution is 6.03. The molecule has 1 aliphatic heterocycles. The number of rotatable bonds is 4. The molecule has 0 radical (unpaired) electrons. The van der Waals surface area contributed by atoms with Gasteiger partial charge in [0, 0.05) is 30.0 Å². The molecule has 5 nitrogen and oxygen atoms in total. The molecule has 2 aromatic carbocycles. The Balaban J connectivity index is 1.70. The van der Waals surface area contributed by atoms with Gasteiger partial charge in [-0.3, -0.25) is 4.79 Å². The fourth-order valence-electron chi connectivity index (χ4n) is 4.46. The molecule has 4 rings (SSSR count). The zero-order valence-corrected chi connectivity index (χ0v) is 17.4. The van der Waals surface area contributed by atoms with Crippen LogP contribution in [0.1, 0.15) is 52.7 Å². The van der Waals surface area contributed by atoms with E-state index in [1.54, 1.807) is 12.1 Å². The van der Waals surface area contributed by atoms with Crippen molar-refractivity contribution in [1.29, 1.82) is 0 Å². The smallest absolute Gasteiger partial charge is 0.381 e. The monoisotopic (exact) mass is 432 g/mol. The maximum Gasteiger partial charge on any atom is 0.416 e. The van der Waals surface area contributed by atoms with Gasteiger partial charge in [-0.25, -0.2) is 0 Å². The third kappa shape index (κ3) is 4.63. The van der Waals surface area contributed by atoms with E-state index in [-0.39, 0.29) is 29.2 Å². The van der Waals surface area contributed by atoms with Gasteiger partial charge in [0.2, 0.25) is 0 Å². The molecule has 0 unspecified atom stereocenters. The lowest BCUT2D eigenvalue weighted by atomic mass is 9.90. The predicted molar refractivity (Wildman–Crippen MR) is 116 cm³/mol. The molecule has 166 valence electrons. The van der Waals surface area contributed by atoms with Crippen molar-refractivity contribution in [3.63, 3.8) is 0 Å². The average Bonchev–Trinajstić information content (AvgIpc) is 2.70. The Morgan fingerprint density at radius 3 is 2.61 bits per heavy atom. The van der Waals surface area contributed by atoms with Crippen molar-refractivity contribution >= 4 is 23.0 Å². The summed E-state index contributed by atoms with van der Waals surface area (Å²) in [5, 5.41) is 9.37. The molecule has 5 N–H and O–H groups in total. The van der Waals surface area contributed by atoms with E-state index in [0.29, 0.717) is 24.2 Å². The van der Waals surface area contributed by atoms with Gasteiger partial charge in [-0.15, -0.1) is 0 Å². The maximum absolute atomic E-state index is 13.4. The summed E-state index contributed by atoms with van der Waals surface area (Å²) in [5.74, 6) is -0.229. The number of halogens is 3. The van der Waals surface area contributed by atoms with Crippen LogP contribution in [0.5, 0.6) is 0 Å². The average molecular weight is 432 g/mol. The quantitative estimate of drug-likeness (QED) is 0.564. The van der Waals surface area contributed by atoms with Gasteiger partial charge in [0.25, 0.3) is 5.91 Å². The summed E-state index contributed by atoms with van der Waals surface area (Å²) in [6.45, 7) is 1.96. The van der Waals surface area contributed by atoms with Crippen LogP contribution >= 0.6 is 0 Å². The van der Waals surface area contributed by atoms with Crippen molar-refractivity contribution in [2.75, 3.05) is 17.2 Å². The van der Waals surface area contributed by atoms with Crippen LogP contribution in [0.3, 0.4) is 0 Å². The lowest BCUT2D eigenvalue weighted by Gasteiger charge is -2.31. The molecular weight excluding hydrogens is 405 g/mol. The van der Waals surface area contributed by atoms with Crippen molar-refractivity contribution in [3.05, 3.63) is 52.6 Å². The van der Waals surface area contributed by atoms with Gasteiger partial charge < -0.3 is 21.7 Å². The highest BCUT2D eigenvalue weighted by Gasteiger charge is 2.32. The number of nitrogens with two attached hydrogens (primary N) is 1. The Bertz CT molecular complexity index is 990. The number of aryl methyl sites for hydroxylation is 1. The number of amides is 1. The molecular formula is C23H27F3N4O. The number of alkyl halides is 3. The van der Waals surface area contributed by atoms with Gasteiger partial charge in [-0.05, 0) is 61.6 Å². The van der Waals surface area contributed by atoms with Crippen LogP contribution < -0.4 is 21.7 Å². The van der Waals surface area contributed by atoms with Crippen LogP contribution in [0.4, 0.5) is 30.2 Å². The summed E-state index contributed by atoms with van der Waals surface area (Å²) in [7, 11) is 0. The third-order valence-corrected chi connectivity index (χ3v) is 6.12. The number of carbonyl (C=O) groups excluding carboxylic acids is 1. The highest BCUT2D eigenvalue weighted by atomic mass is 19.4. The Hall–Kier alpha value is -2.74. The van der Waals surface area contributed by atoms with Gasteiger partial charge >= 0.3 is 6.18 Å². The van der Waals surface area contributed by atoms with Gasteiger partial charge in [0.1, 0.15) is 0 Å². The van der Waals surface area contributed by atoms with Crippen molar-refractivity contribution in [1.82, 2.24) is 5.32 Å². The second-order valence-electron chi connectivity index (χ2n) is 8.42. The zero-order chi connectivity index (χ0) is 22.2. The fraction of sp³-hybridized carbons (Fsp3) is 0.435. The molecule has 2 atom stereocenters. The first-order chi connectivity index (χ1) is 14.7. The molecule has 1 fully saturated rings. The van der Waals surface area contributed by atoms with Crippen molar-refractivity contribution in [2.45, 2.75) is 57.3 Å². The minimum atomic E-state index is -4.45. The summed E-state index contributed by atoms with van der Waals surface area (Å²) in [5.41, 5.74) is 8.65. The summed E-state index contributed by atoms with van der Waals surface area (Å²) in [6.07, 6.45) is 0.357. The lowest BCUT2D eigenvalue weighted by Crippen LogP contribution is -2.42. The molecule has 0 spiro atoms. The molecule has 2 aromatic rings. The first-order valence-corrected chi connectivity index (χ1v) is 10.6. The van der Waals surface area contributed by atoms with E-state index in [1.807, 2.05) is 6.07 Å². The number of fused-ring (bicyclic) bond motifs is 1. The van der Waals surface area contributed by atoms with E-state index >= 15 is 0 Å². The Morgan fingerprint density at radius 1 is 1.10 bits per heavy atom. The van der Waals surface area contributed by atoms with E-state index < -0.39 is 11.7 Å². The van der Waals surface area contributed by atoms with Crippen LogP contribution in [0, 0.1) is 6.92 Å². The molecule has 1 aliphatic carbocycles. The number of hydrogen-bond donors (Lipinski definition) is 4. The third-order valence-electron chi connectivity index (χ3n) is 6.12. The molecule has 1 heterocycles. The largest absolute Gasteiger partial charge is 0.416 e. The zero-order valence-electron chi connectivity index (χ0n) is 17.4. The second-order valence-corrected chi connectivity index (χ2v) is 8.42. The van der Waals surface area contributed by atoms with Gasteiger partial charge in [-0.2, -0.15) is 13.2 Å². The van der Waals surface area contributed by atoms with E-state index in [9.17, 15) is 18.0 Å². The first kappa shape index (κ1) is 21.5. The number of nitrogens with one attached hydrogen (secondary N) is 3. The molecule has 0 saturated heterocycles. The molecule has 0 bridgehead atoms. The van der Waals surface area contributed by atoms with Crippen LogP contribution in [0.2, 0.25) is 0 Å². The summed E-state index contributed by atoms with van der Waals surface area (Å²) >= 11 is 0. The number of carbonyl (C=O) groups is 1.